The summed E-state index contributed by atoms with van der Waals surface area (Å²) in [5.41, 5.74) is -0.410. The average molecular weight is 308 g/mol. The number of aromatic nitrogens is 1. The van der Waals surface area contributed by atoms with E-state index < -0.39 is 10.9 Å². The molecule has 1 fully saturated rings. The van der Waals surface area contributed by atoms with Crippen LogP contribution >= 0.6 is 0 Å². The van der Waals surface area contributed by atoms with Gasteiger partial charge in [-0.25, -0.2) is 9.78 Å². The molecule has 2 rings (SSSR count). The fourth-order valence-corrected chi connectivity index (χ4v) is 2.54. The van der Waals surface area contributed by atoms with Crippen molar-refractivity contribution in [2.24, 2.45) is 0 Å². The number of nitro groups is 1. The van der Waals surface area contributed by atoms with E-state index in [1.54, 1.807) is 0 Å². The van der Waals surface area contributed by atoms with Crippen LogP contribution in [-0.2, 0) is 0 Å². The maximum absolute atomic E-state index is 11.0. The van der Waals surface area contributed by atoms with Gasteiger partial charge in [0.05, 0.1) is 4.92 Å². The number of hydrogen-bond donors (Lipinski definition) is 2. The van der Waals surface area contributed by atoms with Crippen LogP contribution in [0.3, 0.4) is 0 Å². The number of anilines is 1. The molecule has 2 N–H and O–H groups in total. The first-order valence-corrected chi connectivity index (χ1v) is 7.43. The third-order valence-corrected chi connectivity index (χ3v) is 3.68. The van der Waals surface area contributed by atoms with Crippen LogP contribution in [-0.4, -0.2) is 52.1 Å². The SMILES string of the molecule is O=C(O)c1ccc([N+](=O)[O-])c(NCCCN2CCCCC2)n1. The third-order valence-electron chi connectivity index (χ3n) is 3.68. The van der Waals surface area contributed by atoms with Crippen LogP contribution in [0.4, 0.5) is 11.5 Å². The number of nitrogens with one attached hydrogen (secondary N) is 1. The number of rotatable bonds is 7. The van der Waals surface area contributed by atoms with Crippen LogP contribution in [0.1, 0.15) is 36.2 Å². The highest BCUT2D eigenvalue weighted by Gasteiger charge is 2.18. The number of carbonyl (C=O) groups is 1. The molecular weight excluding hydrogens is 288 g/mol. The summed E-state index contributed by atoms with van der Waals surface area (Å²) < 4.78 is 0. The molecule has 1 aliphatic rings. The van der Waals surface area contributed by atoms with E-state index in [2.05, 4.69) is 15.2 Å². The van der Waals surface area contributed by atoms with Crippen LogP contribution in [0.15, 0.2) is 12.1 Å². The van der Waals surface area contributed by atoms with Crippen molar-refractivity contribution in [1.29, 1.82) is 0 Å². The number of likely N-dealkylation sites (tertiary alicyclic amines) is 1. The van der Waals surface area contributed by atoms with Crippen molar-refractivity contribution < 1.29 is 14.8 Å². The lowest BCUT2D eigenvalue weighted by Gasteiger charge is -2.26. The molecule has 0 saturated carbocycles. The third kappa shape index (κ3) is 4.39. The molecule has 1 aliphatic heterocycles. The molecule has 0 amide bonds. The standard InChI is InChI=1S/C14H20N4O4/c19-14(20)11-5-6-12(18(21)22)13(16-11)15-7-4-10-17-8-2-1-3-9-17/h5-6H,1-4,7-10H2,(H,15,16)(H,19,20). The Kier molecular flexibility index (Phi) is 5.65. The van der Waals surface area contributed by atoms with Gasteiger partial charge in [-0.15, -0.1) is 0 Å². The number of carboxylic acid groups (broad SMARTS) is 1. The topological polar surface area (TPSA) is 109 Å². The van der Waals surface area contributed by atoms with Gasteiger partial charge in [0.15, 0.2) is 5.69 Å². The summed E-state index contributed by atoms with van der Waals surface area (Å²) in [6, 6.07) is 2.31. The van der Waals surface area contributed by atoms with Gasteiger partial charge in [-0.05, 0) is 45.0 Å². The Bertz CT molecular complexity index is 544. The Morgan fingerprint density at radius 1 is 1.36 bits per heavy atom. The largest absolute Gasteiger partial charge is 0.477 e. The molecule has 2 heterocycles. The van der Waals surface area contributed by atoms with Crippen molar-refractivity contribution in [2.75, 3.05) is 31.5 Å². The summed E-state index contributed by atoms with van der Waals surface area (Å²) in [5, 5.41) is 22.8. The molecule has 8 nitrogen and oxygen atoms in total. The summed E-state index contributed by atoms with van der Waals surface area (Å²) >= 11 is 0. The predicted molar refractivity (Wildman–Crippen MR) is 81.2 cm³/mol. The van der Waals surface area contributed by atoms with Crippen molar-refractivity contribution in [3.63, 3.8) is 0 Å². The highest BCUT2D eigenvalue weighted by Crippen LogP contribution is 2.22. The molecule has 0 unspecified atom stereocenters. The Hall–Kier alpha value is -2.22. The first-order valence-electron chi connectivity index (χ1n) is 7.43. The first-order chi connectivity index (χ1) is 10.6. The zero-order valence-electron chi connectivity index (χ0n) is 12.3. The number of piperidine rings is 1. The molecule has 22 heavy (non-hydrogen) atoms. The number of carboxylic acids is 1. The quantitative estimate of drug-likeness (QED) is 0.450. The molecule has 120 valence electrons. The number of aromatic carboxylic acids is 1. The Morgan fingerprint density at radius 3 is 2.73 bits per heavy atom. The van der Waals surface area contributed by atoms with E-state index in [1.165, 1.54) is 25.3 Å². The van der Waals surface area contributed by atoms with E-state index in [9.17, 15) is 14.9 Å². The van der Waals surface area contributed by atoms with Gasteiger partial charge < -0.3 is 15.3 Å². The predicted octanol–water partition coefficient (Wildman–Crippen LogP) is 1.98. The minimum absolute atomic E-state index is 0.0172. The van der Waals surface area contributed by atoms with Gasteiger partial charge in [-0.3, -0.25) is 10.1 Å². The van der Waals surface area contributed by atoms with Crippen LogP contribution < -0.4 is 5.32 Å². The molecule has 0 aromatic carbocycles. The second kappa shape index (κ2) is 7.69. The van der Waals surface area contributed by atoms with Gasteiger partial charge in [-0.1, -0.05) is 6.42 Å². The van der Waals surface area contributed by atoms with Crippen molar-refractivity contribution in [3.05, 3.63) is 27.9 Å². The molecule has 0 spiro atoms. The van der Waals surface area contributed by atoms with E-state index in [4.69, 9.17) is 5.11 Å². The van der Waals surface area contributed by atoms with Gasteiger partial charge in [0, 0.05) is 12.6 Å². The molecule has 0 bridgehead atoms. The first kappa shape index (κ1) is 16.2. The van der Waals surface area contributed by atoms with Crippen molar-refractivity contribution in [2.45, 2.75) is 25.7 Å². The number of pyridine rings is 1. The molecule has 1 aromatic heterocycles. The van der Waals surface area contributed by atoms with E-state index in [0.29, 0.717) is 6.54 Å². The number of hydrogen-bond acceptors (Lipinski definition) is 6. The Morgan fingerprint density at radius 2 is 2.09 bits per heavy atom. The Balaban J connectivity index is 1.91. The van der Waals surface area contributed by atoms with Gasteiger partial charge in [0.1, 0.15) is 0 Å². The van der Waals surface area contributed by atoms with Crippen LogP contribution in [0.25, 0.3) is 0 Å². The molecule has 1 saturated heterocycles. The second-order valence-corrected chi connectivity index (χ2v) is 5.31. The highest BCUT2D eigenvalue weighted by atomic mass is 16.6. The zero-order valence-corrected chi connectivity index (χ0v) is 12.3. The lowest BCUT2D eigenvalue weighted by atomic mass is 10.1. The summed E-state index contributed by atoms with van der Waals surface area (Å²) in [6.07, 6.45) is 4.56. The van der Waals surface area contributed by atoms with Gasteiger partial charge >= 0.3 is 11.7 Å². The minimum atomic E-state index is -1.20. The summed E-state index contributed by atoms with van der Waals surface area (Å²) in [7, 11) is 0. The summed E-state index contributed by atoms with van der Waals surface area (Å²) in [5.74, 6) is -1.19. The van der Waals surface area contributed by atoms with Crippen LogP contribution in [0, 0.1) is 10.1 Å². The molecular formula is C14H20N4O4. The average Bonchev–Trinajstić information content (AvgIpc) is 2.52. The Labute approximate surface area is 128 Å². The lowest BCUT2D eigenvalue weighted by molar-refractivity contribution is -0.384. The lowest BCUT2D eigenvalue weighted by Crippen LogP contribution is -2.31. The summed E-state index contributed by atoms with van der Waals surface area (Å²) in [6.45, 7) is 3.66. The van der Waals surface area contributed by atoms with Gasteiger partial charge in [0.2, 0.25) is 5.82 Å². The van der Waals surface area contributed by atoms with E-state index >= 15 is 0 Å². The highest BCUT2D eigenvalue weighted by molar-refractivity contribution is 5.86. The fraction of sp³-hybridized carbons (Fsp3) is 0.571. The molecule has 0 radical (unpaired) electrons. The fourth-order valence-electron chi connectivity index (χ4n) is 2.54. The van der Waals surface area contributed by atoms with E-state index in [-0.39, 0.29) is 17.2 Å². The normalized spacial score (nSPS) is 15.5. The van der Waals surface area contributed by atoms with Crippen LogP contribution in [0.2, 0.25) is 0 Å². The maximum Gasteiger partial charge on any atom is 0.354 e. The van der Waals surface area contributed by atoms with Crippen molar-refractivity contribution in [3.8, 4) is 0 Å². The second-order valence-electron chi connectivity index (χ2n) is 5.31. The number of nitrogens with zero attached hydrogens (tertiary/aromatic N) is 3. The molecule has 0 atom stereocenters. The maximum atomic E-state index is 11.0. The van der Waals surface area contributed by atoms with Crippen molar-refractivity contribution >= 4 is 17.5 Å². The van der Waals surface area contributed by atoms with Crippen LogP contribution in [0.5, 0.6) is 0 Å². The zero-order chi connectivity index (χ0) is 15.9. The van der Waals surface area contributed by atoms with Gasteiger partial charge in [-0.2, -0.15) is 0 Å². The van der Waals surface area contributed by atoms with Crippen molar-refractivity contribution in [1.82, 2.24) is 9.88 Å². The van der Waals surface area contributed by atoms with E-state index in [0.717, 1.165) is 32.1 Å². The molecule has 0 aliphatic carbocycles. The summed E-state index contributed by atoms with van der Waals surface area (Å²) in [4.78, 5) is 27.5. The van der Waals surface area contributed by atoms with Gasteiger partial charge in [0.25, 0.3) is 0 Å². The smallest absolute Gasteiger partial charge is 0.354 e. The molecule has 8 heteroatoms. The molecule has 1 aromatic rings. The minimum Gasteiger partial charge on any atom is -0.477 e. The van der Waals surface area contributed by atoms with E-state index in [1.807, 2.05) is 0 Å². The monoisotopic (exact) mass is 308 g/mol.